The lowest BCUT2D eigenvalue weighted by Crippen LogP contribution is -2.36. The second-order valence-electron chi connectivity index (χ2n) is 7.85. The zero-order valence-electron chi connectivity index (χ0n) is 15.2. The Bertz CT molecular complexity index is 506. The number of rotatable bonds is 4. The molecule has 23 heavy (non-hydrogen) atoms. The molecular weight excluding hydrogens is 282 g/mol. The highest BCUT2D eigenvalue weighted by Crippen LogP contribution is 2.34. The second kappa shape index (κ2) is 7.65. The average Bonchev–Trinajstić information content (AvgIpc) is 2.56. The van der Waals surface area contributed by atoms with Crippen LogP contribution in [-0.4, -0.2) is 36.1 Å². The molecule has 1 aromatic rings. The summed E-state index contributed by atoms with van der Waals surface area (Å²) >= 11 is 0. The Morgan fingerprint density at radius 3 is 2.52 bits per heavy atom. The van der Waals surface area contributed by atoms with Crippen LogP contribution in [0, 0.1) is 12.8 Å². The summed E-state index contributed by atoms with van der Waals surface area (Å²) in [6.07, 6.45) is 10.2. The summed E-state index contributed by atoms with van der Waals surface area (Å²) in [5.74, 6) is 1.92. The van der Waals surface area contributed by atoms with Crippen LogP contribution in [0.1, 0.15) is 69.5 Å². The van der Waals surface area contributed by atoms with Gasteiger partial charge >= 0.3 is 0 Å². The molecule has 3 heterocycles. The number of piperidine rings is 2. The molecule has 128 valence electrons. The second-order valence-corrected chi connectivity index (χ2v) is 7.85. The van der Waals surface area contributed by atoms with E-state index in [-0.39, 0.29) is 0 Å². The predicted molar refractivity (Wildman–Crippen MR) is 98.0 cm³/mol. The van der Waals surface area contributed by atoms with Crippen molar-refractivity contribution < 1.29 is 0 Å². The first-order valence-electron chi connectivity index (χ1n) is 9.60. The summed E-state index contributed by atoms with van der Waals surface area (Å²) < 4.78 is 0. The van der Waals surface area contributed by atoms with E-state index in [0.717, 1.165) is 5.92 Å². The van der Waals surface area contributed by atoms with Crippen LogP contribution in [0.25, 0.3) is 0 Å². The average molecular weight is 316 g/mol. The van der Waals surface area contributed by atoms with Gasteiger partial charge in [-0.05, 0) is 68.7 Å². The van der Waals surface area contributed by atoms with Crippen molar-refractivity contribution in [2.24, 2.45) is 5.92 Å². The van der Waals surface area contributed by atoms with E-state index in [1.807, 2.05) is 0 Å². The maximum Gasteiger partial charge on any atom is 0.128 e. The molecular formula is C20H33N3. The van der Waals surface area contributed by atoms with E-state index in [4.69, 9.17) is 4.98 Å². The number of hydrogen-bond acceptors (Lipinski definition) is 3. The number of pyridine rings is 1. The fraction of sp³-hybridized carbons (Fsp3) is 0.750. The van der Waals surface area contributed by atoms with E-state index >= 15 is 0 Å². The predicted octanol–water partition coefficient (Wildman–Crippen LogP) is 4.56. The molecule has 0 unspecified atom stereocenters. The largest absolute Gasteiger partial charge is 0.357 e. The van der Waals surface area contributed by atoms with Crippen molar-refractivity contribution in [1.29, 1.82) is 0 Å². The normalized spacial score (nSPS) is 23.5. The topological polar surface area (TPSA) is 19.4 Å². The van der Waals surface area contributed by atoms with E-state index in [0.29, 0.717) is 6.04 Å². The molecule has 2 fully saturated rings. The van der Waals surface area contributed by atoms with E-state index in [1.165, 1.54) is 81.6 Å². The lowest BCUT2D eigenvalue weighted by Gasteiger charge is -2.38. The summed E-state index contributed by atoms with van der Waals surface area (Å²) in [5.41, 5.74) is 2.90. The Labute approximate surface area is 142 Å². The van der Waals surface area contributed by atoms with Gasteiger partial charge in [-0.3, -0.25) is 4.90 Å². The molecule has 0 N–H and O–H groups in total. The van der Waals surface area contributed by atoms with Crippen molar-refractivity contribution in [3.8, 4) is 0 Å². The van der Waals surface area contributed by atoms with Crippen LogP contribution < -0.4 is 4.90 Å². The van der Waals surface area contributed by atoms with Gasteiger partial charge in [0.05, 0.1) is 0 Å². The fourth-order valence-electron chi connectivity index (χ4n) is 4.23. The van der Waals surface area contributed by atoms with Gasteiger partial charge in [0.15, 0.2) is 0 Å². The maximum absolute atomic E-state index is 4.85. The zero-order chi connectivity index (χ0) is 16.2. The van der Waals surface area contributed by atoms with Crippen LogP contribution in [-0.2, 0) is 0 Å². The highest BCUT2D eigenvalue weighted by atomic mass is 15.2. The molecule has 2 aliphatic heterocycles. The molecule has 0 bridgehead atoms. The van der Waals surface area contributed by atoms with Gasteiger partial charge in [0, 0.05) is 31.9 Å². The molecule has 3 rings (SSSR count). The van der Waals surface area contributed by atoms with Crippen molar-refractivity contribution in [2.45, 2.75) is 65.3 Å². The number of hydrogen-bond donors (Lipinski definition) is 0. The Morgan fingerprint density at radius 1 is 1.09 bits per heavy atom. The van der Waals surface area contributed by atoms with Crippen LogP contribution in [0.3, 0.4) is 0 Å². The molecule has 0 radical (unpaired) electrons. The Kier molecular flexibility index (Phi) is 5.58. The third-order valence-electron chi connectivity index (χ3n) is 5.39. The van der Waals surface area contributed by atoms with Crippen molar-refractivity contribution in [3.05, 3.63) is 23.4 Å². The summed E-state index contributed by atoms with van der Waals surface area (Å²) in [4.78, 5) is 10.0. The minimum absolute atomic E-state index is 0.578. The highest BCUT2D eigenvalue weighted by molar-refractivity contribution is 5.44. The van der Waals surface area contributed by atoms with Gasteiger partial charge in [0.25, 0.3) is 0 Å². The highest BCUT2D eigenvalue weighted by Gasteiger charge is 2.26. The Morgan fingerprint density at radius 2 is 1.83 bits per heavy atom. The zero-order valence-corrected chi connectivity index (χ0v) is 15.2. The van der Waals surface area contributed by atoms with Crippen LogP contribution in [0.4, 0.5) is 5.82 Å². The van der Waals surface area contributed by atoms with Crippen LogP contribution in [0.5, 0.6) is 0 Å². The number of aromatic nitrogens is 1. The van der Waals surface area contributed by atoms with E-state index in [1.54, 1.807) is 0 Å². The minimum atomic E-state index is 0.578. The van der Waals surface area contributed by atoms with Crippen LogP contribution in [0.2, 0.25) is 0 Å². The molecule has 2 saturated heterocycles. The summed E-state index contributed by atoms with van der Waals surface area (Å²) in [6, 6.07) is 2.91. The van der Waals surface area contributed by atoms with Crippen molar-refractivity contribution in [2.75, 3.05) is 31.1 Å². The van der Waals surface area contributed by atoms with Gasteiger partial charge in [-0.25, -0.2) is 4.98 Å². The van der Waals surface area contributed by atoms with Gasteiger partial charge in [0.2, 0.25) is 0 Å². The van der Waals surface area contributed by atoms with Crippen LogP contribution in [0.15, 0.2) is 12.3 Å². The smallest absolute Gasteiger partial charge is 0.128 e. The first-order valence-corrected chi connectivity index (χ1v) is 9.60. The van der Waals surface area contributed by atoms with Gasteiger partial charge in [-0.15, -0.1) is 0 Å². The number of aryl methyl sites for hydroxylation is 1. The third kappa shape index (κ3) is 4.06. The molecule has 0 aromatic carbocycles. The molecule has 2 aliphatic rings. The number of nitrogens with zero attached hydrogens (tertiary/aromatic N) is 3. The summed E-state index contributed by atoms with van der Waals surface area (Å²) in [7, 11) is 0. The van der Waals surface area contributed by atoms with Gasteiger partial charge in [-0.1, -0.05) is 20.3 Å². The Balaban J connectivity index is 1.78. The van der Waals surface area contributed by atoms with Crippen molar-refractivity contribution >= 4 is 5.82 Å². The van der Waals surface area contributed by atoms with E-state index in [9.17, 15) is 0 Å². The molecule has 0 saturated carbocycles. The summed E-state index contributed by atoms with van der Waals surface area (Å²) in [6.45, 7) is 11.7. The van der Waals surface area contributed by atoms with E-state index in [2.05, 4.69) is 42.8 Å². The lowest BCUT2D eigenvalue weighted by molar-refractivity contribution is 0.131. The molecule has 3 heteroatoms. The van der Waals surface area contributed by atoms with Gasteiger partial charge < -0.3 is 4.90 Å². The van der Waals surface area contributed by atoms with Crippen LogP contribution >= 0.6 is 0 Å². The standard InChI is InChI=1S/C20H33N3/c1-16(2)15-23-12-8-5-9-19(23)18-14-21-20(13-17(18)3)22-10-6-4-7-11-22/h13-14,16,19H,4-12,15H2,1-3H3/t19-/m0/s1. The van der Waals surface area contributed by atoms with Crippen molar-refractivity contribution in [3.63, 3.8) is 0 Å². The minimum Gasteiger partial charge on any atom is -0.357 e. The Hall–Kier alpha value is -1.09. The SMILES string of the molecule is Cc1cc(N2CCCCC2)ncc1[C@@H]1CCCCN1CC(C)C. The molecule has 1 atom stereocenters. The molecule has 0 amide bonds. The summed E-state index contributed by atoms with van der Waals surface area (Å²) in [5, 5.41) is 0. The third-order valence-corrected chi connectivity index (χ3v) is 5.39. The number of anilines is 1. The molecule has 1 aromatic heterocycles. The molecule has 3 nitrogen and oxygen atoms in total. The quantitative estimate of drug-likeness (QED) is 0.812. The first-order chi connectivity index (χ1) is 11.1. The lowest BCUT2D eigenvalue weighted by atomic mass is 9.92. The van der Waals surface area contributed by atoms with Crippen molar-refractivity contribution in [1.82, 2.24) is 9.88 Å². The van der Waals surface area contributed by atoms with Gasteiger partial charge in [-0.2, -0.15) is 0 Å². The first kappa shape index (κ1) is 16.8. The number of likely N-dealkylation sites (tertiary alicyclic amines) is 1. The molecule has 0 aliphatic carbocycles. The fourth-order valence-corrected chi connectivity index (χ4v) is 4.23. The maximum atomic E-state index is 4.85. The van der Waals surface area contributed by atoms with Gasteiger partial charge in [0.1, 0.15) is 5.82 Å². The monoisotopic (exact) mass is 315 g/mol. The molecule has 0 spiro atoms. The van der Waals surface area contributed by atoms with E-state index < -0.39 is 0 Å².